The molecule has 0 saturated heterocycles. The molecular weight excluding hydrogens is 1020 g/mol. The lowest BCUT2D eigenvalue weighted by Gasteiger charge is -2.48. The average Bonchev–Trinajstić information content (AvgIpc) is 3.25. The summed E-state index contributed by atoms with van der Waals surface area (Å²) in [5, 5.41) is 0. The van der Waals surface area contributed by atoms with Crippen LogP contribution in [0.1, 0.15) is 199 Å². The van der Waals surface area contributed by atoms with Gasteiger partial charge >= 0.3 is 29.1 Å². The van der Waals surface area contributed by atoms with E-state index >= 15 is 0 Å². The molecule has 0 amide bonds. The van der Waals surface area contributed by atoms with Gasteiger partial charge in [0.15, 0.2) is 11.5 Å². The van der Waals surface area contributed by atoms with Crippen molar-refractivity contribution in [2.24, 2.45) is 0 Å². The van der Waals surface area contributed by atoms with Crippen LogP contribution in [0.4, 0.5) is 0 Å². The van der Waals surface area contributed by atoms with Crippen molar-refractivity contribution >= 4 is 76.1 Å². The second kappa shape index (κ2) is 21.6. The van der Waals surface area contributed by atoms with Crippen LogP contribution in [0.3, 0.4) is 0 Å². The molecule has 0 unspecified atom stereocenters. The van der Waals surface area contributed by atoms with Crippen molar-refractivity contribution in [3.05, 3.63) is 70.8 Å². The number of ether oxygens (including phenoxy) is 2. The topological polar surface area (TPSA) is 80.3 Å². The van der Waals surface area contributed by atoms with E-state index in [1.807, 2.05) is 0 Å². The highest BCUT2D eigenvalue weighted by atomic mass is 32.2. The highest BCUT2D eigenvalue weighted by Crippen LogP contribution is 2.59. The zero-order valence-electron chi connectivity index (χ0n) is 47.7. The first-order valence-corrected chi connectivity index (χ1v) is 33.9. The number of hydrogen-bond donors (Lipinski definition) is 0. The standard InChI is InChI=1S/C60H84O7S4Si2/c1-35(2)72(36(3)4)65-55-47-31-41(59(15,16)17)33-49(55)71-50-34-42(60(18,19)20)32-48(56(50)66-73(67-72,37(5)6)38(7)8)70-46-30-40(58(12,13)14)28-44-54(46)64-52(62)26-24-22-21-23-25-51(61)63-53-43(68-44)27-39(57(9,10)11)29-45(53)69-47/h27-38H,21-26H2,1-20H3. The van der Waals surface area contributed by atoms with Gasteiger partial charge in [0.2, 0.25) is 0 Å². The van der Waals surface area contributed by atoms with Gasteiger partial charge in [0.05, 0.1) is 39.2 Å². The Morgan fingerprint density at radius 3 is 0.795 bits per heavy atom. The lowest BCUT2D eigenvalue weighted by molar-refractivity contribution is -0.136. The number of benzene rings is 4. The molecule has 4 aromatic carbocycles. The van der Waals surface area contributed by atoms with Crippen LogP contribution in [0.5, 0.6) is 23.0 Å². The molecule has 3 aliphatic heterocycles. The molecule has 7 rings (SSSR count). The minimum Gasteiger partial charge on any atom is -0.518 e. The lowest BCUT2D eigenvalue weighted by atomic mass is 9.87. The van der Waals surface area contributed by atoms with Crippen molar-refractivity contribution in [1.82, 2.24) is 0 Å². The van der Waals surface area contributed by atoms with Crippen molar-refractivity contribution in [1.29, 1.82) is 0 Å². The normalized spacial score (nSPS) is 17.9. The van der Waals surface area contributed by atoms with E-state index in [1.54, 1.807) is 35.3 Å². The van der Waals surface area contributed by atoms with Crippen molar-refractivity contribution < 1.29 is 32.0 Å². The molecule has 3 heterocycles. The maximum Gasteiger partial charge on any atom is 0.396 e. The predicted octanol–water partition coefficient (Wildman–Crippen LogP) is 19.3. The Morgan fingerprint density at radius 2 is 0.589 bits per heavy atom. The van der Waals surface area contributed by atoms with Gasteiger partial charge < -0.3 is 22.4 Å². The van der Waals surface area contributed by atoms with E-state index in [9.17, 15) is 9.59 Å². The van der Waals surface area contributed by atoms with Crippen LogP contribution in [0.15, 0.2) is 87.7 Å². The van der Waals surface area contributed by atoms with Crippen LogP contribution in [-0.4, -0.2) is 29.1 Å². The van der Waals surface area contributed by atoms with Gasteiger partial charge in [-0.05, 0) is 105 Å². The quantitative estimate of drug-likeness (QED) is 0.0981. The third-order valence-corrected chi connectivity index (χ3v) is 28.7. The van der Waals surface area contributed by atoms with Crippen molar-refractivity contribution in [2.45, 2.75) is 260 Å². The summed E-state index contributed by atoms with van der Waals surface area (Å²) in [6, 6.07) is 18.1. The van der Waals surface area contributed by atoms with Crippen LogP contribution in [-0.2, 0) is 35.4 Å². The monoisotopic (exact) mass is 1100 g/mol. The van der Waals surface area contributed by atoms with Gasteiger partial charge in [-0.2, -0.15) is 0 Å². The van der Waals surface area contributed by atoms with Crippen molar-refractivity contribution in [2.75, 3.05) is 0 Å². The predicted molar refractivity (Wildman–Crippen MR) is 310 cm³/mol. The summed E-state index contributed by atoms with van der Waals surface area (Å²) in [6.07, 6.45) is 3.46. The van der Waals surface area contributed by atoms with Crippen LogP contribution in [0.2, 0.25) is 22.2 Å². The van der Waals surface area contributed by atoms with E-state index in [2.05, 4.69) is 187 Å². The van der Waals surface area contributed by atoms with Gasteiger partial charge in [-0.15, -0.1) is 0 Å². The molecule has 3 aliphatic rings. The molecule has 0 saturated carbocycles. The minimum absolute atomic E-state index is 0.0299. The maximum absolute atomic E-state index is 14.4. The SMILES string of the molecule is CC(C)[Si]1(C(C)C)Oc2c3cc(C(C)(C)C)cc2Sc2cc(C(C)(C)C)cc(c2O[Si](C(C)C)(C(C)C)O1)Sc1cc(C(C)(C)C)cc2c1OC(=O)CCCCCCC(=O)Oc1c(cc(C(C)(C)C)cc1S3)S2. The molecule has 73 heavy (non-hydrogen) atoms. The van der Waals surface area contributed by atoms with E-state index in [0.29, 0.717) is 24.3 Å². The van der Waals surface area contributed by atoms with Gasteiger partial charge in [-0.3, -0.25) is 9.59 Å². The summed E-state index contributed by atoms with van der Waals surface area (Å²) < 4.78 is 37.9. The zero-order valence-corrected chi connectivity index (χ0v) is 52.9. The fraction of sp³-hybridized carbons (Fsp3) is 0.567. The molecule has 0 spiro atoms. The second-order valence-electron chi connectivity index (χ2n) is 25.8. The fourth-order valence-corrected chi connectivity index (χ4v) is 25.4. The Labute approximate surface area is 458 Å². The third-order valence-electron chi connectivity index (χ3n) is 14.4. The Kier molecular flexibility index (Phi) is 17.1. The molecule has 4 aromatic rings. The molecule has 0 N–H and O–H groups in total. The molecule has 13 heteroatoms. The molecule has 0 atom stereocenters. The van der Waals surface area contributed by atoms with E-state index in [1.165, 1.54) is 11.8 Å². The molecule has 0 aromatic heterocycles. The number of rotatable bonds is 4. The Morgan fingerprint density at radius 1 is 0.370 bits per heavy atom. The van der Waals surface area contributed by atoms with Crippen molar-refractivity contribution in [3.8, 4) is 23.0 Å². The van der Waals surface area contributed by atoms with Crippen molar-refractivity contribution in [3.63, 3.8) is 0 Å². The zero-order chi connectivity index (χ0) is 54.0. The summed E-state index contributed by atoms with van der Waals surface area (Å²) in [5.74, 6) is 2.04. The Bertz CT molecular complexity index is 2540. The lowest BCUT2D eigenvalue weighted by Crippen LogP contribution is -2.64. The van der Waals surface area contributed by atoms with Crippen LogP contribution >= 0.6 is 47.0 Å². The number of carbonyl (C=O) groups is 2. The molecule has 12 bridgehead atoms. The van der Waals surface area contributed by atoms with E-state index < -0.39 is 17.1 Å². The fourth-order valence-electron chi connectivity index (χ4n) is 9.63. The minimum atomic E-state index is -3.35. The number of esters is 2. The highest BCUT2D eigenvalue weighted by molar-refractivity contribution is 8.01. The number of carbonyl (C=O) groups excluding carboxylic acids is 2. The molecule has 0 fully saturated rings. The van der Waals surface area contributed by atoms with Gasteiger partial charge in [-0.25, -0.2) is 0 Å². The van der Waals surface area contributed by atoms with Gasteiger partial charge in [0, 0.05) is 35.0 Å². The van der Waals surface area contributed by atoms with Gasteiger partial charge in [0.1, 0.15) is 11.5 Å². The summed E-state index contributed by atoms with van der Waals surface area (Å²) in [6.45, 7) is 45.1. The smallest absolute Gasteiger partial charge is 0.396 e. The maximum atomic E-state index is 14.4. The third kappa shape index (κ3) is 12.5. The average molecular weight is 1100 g/mol. The van der Waals surface area contributed by atoms with Gasteiger partial charge in [0.25, 0.3) is 0 Å². The molecular formula is C60H84O7S4Si2. The number of hydrogen-bond acceptors (Lipinski definition) is 11. The molecule has 398 valence electrons. The van der Waals surface area contributed by atoms with Crippen LogP contribution in [0, 0.1) is 0 Å². The van der Waals surface area contributed by atoms with Crippen LogP contribution < -0.4 is 18.3 Å². The summed E-state index contributed by atoms with van der Waals surface area (Å²) >= 11 is 6.45. The van der Waals surface area contributed by atoms with E-state index in [-0.39, 0.29) is 68.6 Å². The van der Waals surface area contributed by atoms with E-state index in [4.69, 9.17) is 22.4 Å². The summed E-state index contributed by atoms with van der Waals surface area (Å²) in [4.78, 5) is 35.7. The Balaban J connectivity index is 1.77. The molecule has 7 nitrogen and oxygen atoms in total. The Hall–Kier alpha value is -2.79. The molecule has 0 radical (unpaired) electrons. The summed E-state index contributed by atoms with van der Waals surface area (Å²) in [7, 11) is -6.69. The van der Waals surface area contributed by atoms with E-state index in [0.717, 1.165) is 85.8 Å². The van der Waals surface area contributed by atoms with Crippen LogP contribution in [0.25, 0.3) is 0 Å². The highest BCUT2D eigenvalue weighted by Gasteiger charge is 2.60. The first-order chi connectivity index (χ1) is 33.7. The first-order valence-electron chi connectivity index (χ1n) is 26.7. The second-order valence-corrected chi connectivity index (χ2v) is 38.9. The first kappa shape index (κ1) is 57.9. The summed E-state index contributed by atoms with van der Waals surface area (Å²) in [5.41, 5.74) is 3.52. The molecule has 0 aliphatic carbocycles. The van der Waals surface area contributed by atoms with Gasteiger partial charge in [-0.1, -0.05) is 198 Å². The largest absolute Gasteiger partial charge is 0.518 e.